The third-order valence-electron chi connectivity index (χ3n) is 3.27. The summed E-state index contributed by atoms with van der Waals surface area (Å²) in [6.45, 7) is 6.48. The van der Waals surface area contributed by atoms with Gasteiger partial charge in [0.05, 0.1) is 17.4 Å². The second kappa shape index (κ2) is 6.90. The Morgan fingerprint density at radius 2 is 2.22 bits per heavy atom. The molecule has 1 aliphatic heterocycles. The normalized spacial score (nSPS) is 20.1. The molecule has 1 unspecified atom stereocenters. The lowest BCUT2D eigenvalue weighted by Gasteiger charge is -2.32. The molecule has 1 saturated heterocycles. The van der Waals surface area contributed by atoms with Gasteiger partial charge >= 0.3 is 0 Å². The van der Waals surface area contributed by atoms with Crippen LogP contribution < -0.4 is 10.2 Å². The van der Waals surface area contributed by atoms with Gasteiger partial charge in [-0.25, -0.2) is 9.97 Å². The number of nitrogens with one attached hydrogen (secondary N) is 1. The quantitative estimate of drug-likeness (QED) is 0.833. The molecule has 1 aromatic heterocycles. The van der Waals surface area contributed by atoms with E-state index in [1.807, 2.05) is 0 Å². The van der Waals surface area contributed by atoms with Crippen LogP contribution in [0.15, 0.2) is 12.4 Å². The Kier molecular flexibility index (Phi) is 5.20. The lowest BCUT2D eigenvalue weighted by molar-refractivity contribution is 0.389. The molecule has 4 nitrogen and oxygen atoms in total. The molecule has 1 N–H and O–H groups in total. The molecule has 2 rings (SSSR count). The summed E-state index contributed by atoms with van der Waals surface area (Å²) in [5.74, 6) is 1.50. The number of nitrogens with zero attached hydrogens (tertiary/aromatic N) is 3. The molecule has 2 heterocycles. The molecule has 0 aromatic carbocycles. The smallest absolute Gasteiger partial charge is 0.225 e. The molecule has 1 fully saturated rings. The summed E-state index contributed by atoms with van der Waals surface area (Å²) in [5.41, 5.74) is 0. The zero-order valence-electron chi connectivity index (χ0n) is 10.9. The largest absolute Gasteiger partial charge is 0.341 e. The van der Waals surface area contributed by atoms with Crippen LogP contribution in [-0.2, 0) is 0 Å². The highest BCUT2D eigenvalue weighted by atomic mass is 35.5. The number of aromatic nitrogens is 2. The van der Waals surface area contributed by atoms with Crippen LogP contribution >= 0.6 is 11.6 Å². The lowest BCUT2D eigenvalue weighted by atomic mass is 9.98. The van der Waals surface area contributed by atoms with Crippen LogP contribution in [0, 0.1) is 5.92 Å². The van der Waals surface area contributed by atoms with Gasteiger partial charge in [0.15, 0.2) is 0 Å². The van der Waals surface area contributed by atoms with Crippen LogP contribution in [-0.4, -0.2) is 36.1 Å². The molecule has 0 saturated carbocycles. The van der Waals surface area contributed by atoms with E-state index in [2.05, 4.69) is 27.1 Å². The van der Waals surface area contributed by atoms with Crippen molar-refractivity contribution in [2.24, 2.45) is 5.92 Å². The van der Waals surface area contributed by atoms with Crippen LogP contribution in [0.25, 0.3) is 0 Å². The molecule has 100 valence electrons. The van der Waals surface area contributed by atoms with Crippen molar-refractivity contribution in [1.82, 2.24) is 15.3 Å². The highest BCUT2D eigenvalue weighted by Crippen LogP contribution is 2.20. The minimum atomic E-state index is 0.594. The first-order valence-electron chi connectivity index (χ1n) is 6.72. The zero-order chi connectivity index (χ0) is 12.8. The summed E-state index contributed by atoms with van der Waals surface area (Å²) in [6.07, 6.45) is 7.04. The fourth-order valence-electron chi connectivity index (χ4n) is 2.37. The van der Waals surface area contributed by atoms with E-state index in [0.29, 0.717) is 10.9 Å². The van der Waals surface area contributed by atoms with Crippen LogP contribution in [0.5, 0.6) is 0 Å². The van der Waals surface area contributed by atoms with Gasteiger partial charge in [-0.15, -0.1) is 0 Å². The van der Waals surface area contributed by atoms with Gasteiger partial charge in [-0.1, -0.05) is 18.5 Å². The summed E-state index contributed by atoms with van der Waals surface area (Å²) in [6, 6.07) is 0. The van der Waals surface area contributed by atoms with E-state index in [4.69, 9.17) is 11.6 Å². The minimum Gasteiger partial charge on any atom is -0.341 e. The number of halogens is 1. The molecular formula is C13H21ClN4. The van der Waals surface area contributed by atoms with Crippen molar-refractivity contribution in [2.75, 3.05) is 31.1 Å². The van der Waals surface area contributed by atoms with Crippen molar-refractivity contribution in [3.63, 3.8) is 0 Å². The van der Waals surface area contributed by atoms with Gasteiger partial charge in [0.25, 0.3) is 0 Å². The Morgan fingerprint density at radius 3 is 2.94 bits per heavy atom. The standard InChI is InChI=1S/C13H21ClN4/c1-2-5-15-7-11-4-3-6-18(10-11)13-16-8-12(14)9-17-13/h8-9,11,15H,2-7,10H2,1H3. The van der Waals surface area contributed by atoms with Crippen LogP contribution in [0.4, 0.5) is 5.95 Å². The van der Waals surface area contributed by atoms with Gasteiger partial charge in [0.1, 0.15) is 0 Å². The van der Waals surface area contributed by atoms with Crippen molar-refractivity contribution in [3.8, 4) is 0 Å². The minimum absolute atomic E-state index is 0.594. The summed E-state index contributed by atoms with van der Waals surface area (Å²) >= 11 is 5.81. The van der Waals surface area contributed by atoms with Crippen molar-refractivity contribution < 1.29 is 0 Å². The number of rotatable bonds is 5. The maximum Gasteiger partial charge on any atom is 0.225 e. The average molecular weight is 269 g/mol. The first kappa shape index (κ1) is 13.6. The van der Waals surface area contributed by atoms with E-state index in [0.717, 1.165) is 32.1 Å². The molecule has 1 aliphatic rings. The third-order valence-corrected chi connectivity index (χ3v) is 3.46. The molecule has 0 aliphatic carbocycles. The second-order valence-electron chi connectivity index (χ2n) is 4.86. The van der Waals surface area contributed by atoms with E-state index in [9.17, 15) is 0 Å². The molecular weight excluding hydrogens is 248 g/mol. The number of anilines is 1. The number of hydrogen-bond donors (Lipinski definition) is 1. The SMILES string of the molecule is CCCNCC1CCCN(c2ncc(Cl)cn2)C1. The van der Waals surface area contributed by atoms with Crippen LogP contribution in [0.2, 0.25) is 5.02 Å². The Bertz CT molecular complexity index is 355. The Morgan fingerprint density at radius 1 is 1.44 bits per heavy atom. The third kappa shape index (κ3) is 3.82. The van der Waals surface area contributed by atoms with Crippen molar-refractivity contribution >= 4 is 17.5 Å². The number of hydrogen-bond acceptors (Lipinski definition) is 4. The van der Waals surface area contributed by atoms with E-state index < -0.39 is 0 Å². The second-order valence-corrected chi connectivity index (χ2v) is 5.30. The van der Waals surface area contributed by atoms with Gasteiger partial charge in [0.2, 0.25) is 5.95 Å². The molecule has 18 heavy (non-hydrogen) atoms. The maximum absolute atomic E-state index is 5.81. The summed E-state index contributed by atoms with van der Waals surface area (Å²) in [5, 5.41) is 4.09. The molecule has 1 atom stereocenters. The van der Waals surface area contributed by atoms with Crippen molar-refractivity contribution in [3.05, 3.63) is 17.4 Å². The molecule has 0 amide bonds. The Balaban J connectivity index is 1.88. The molecule has 0 spiro atoms. The predicted octanol–water partition coefficient (Wildman–Crippen LogP) is 2.35. The van der Waals surface area contributed by atoms with E-state index >= 15 is 0 Å². The van der Waals surface area contributed by atoms with Crippen LogP contribution in [0.3, 0.4) is 0 Å². The first-order chi connectivity index (χ1) is 8.79. The zero-order valence-corrected chi connectivity index (χ0v) is 11.7. The van der Waals surface area contributed by atoms with Crippen molar-refractivity contribution in [2.45, 2.75) is 26.2 Å². The van der Waals surface area contributed by atoms with Gasteiger partial charge in [-0.3, -0.25) is 0 Å². The summed E-state index contributed by atoms with van der Waals surface area (Å²) in [7, 11) is 0. The van der Waals surface area contributed by atoms with Gasteiger partial charge in [-0.05, 0) is 38.3 Å². The molecule has 0 bridgehead atoms. The Labute approximate surface area is 114 Å². The summed E-state index contributed by atoms with van der Waals surface area (Å²) < 4.78 is 0. The van der Waals surface area contributed by atoms with Gasteiger partial charge in [-0.2, -0.15) is 0 Å². The van der Waals surface area contributed by atoms with E-state index in [-0.39, 0.29) is 0 Å². The monoisotopic (exact) mass is 268 g/mol. The highest BCUT2D eigenvalue weighted by molar-refractivity contribution is 6.30. The fourth-order valence-corrected chi connectivity index (χ4v) is 2.46. The Hall–Kier alpha value is -0.870. The molecule has 1 aromatic rings. The molecule has 5 heteroatoms. The van der Waals surface area contributed by atoms with Crippen LogP contribution in [0.1, 0.15) is 26.2 Å². The van der Waals surface area contributed by atoms with Gasteiger partial charge < -0.3 is 10.2 Å². The molecule has 0 radical (unpaired) electrons. The average Bonchev–Trinajstić information content (AvgIpc) is 2.40. The maximum atomic E-state index is 5.81. The number of piperidine rings is 1. The van der Waals surface area contributed by atoms with Crippen molar-refractivity contribution in [1.29, 1.82) is 0 Å². The fraction of sp³-hybridized carbons (Fsp3) is 0.692. The summed E-state index contributed by atoms with van der Waals surface area (Å²) in [4.78, 5) is 10.9. The topological polar surface area (TPSA) is 41.0 Å². The highest BCUT2D eigenvalue weighted by Gasteiger charge is 2.21. The predicted molar refractivity (Wildman–Crippen MR) is 75.1 cm³/mol. The van der Waals surface area contributed by atoms with E-state index in [1.165, 1.54) is 19.3 Å². The van der Waals surface area contributed by atoms with E-state index in [1.54, 1.807) is 12.4 Å². The van der Waals surface area contributed by atoms with Gasteiger partial charge in [0, 0.05) is 13.1 Å². The lowest BCUT2D eigenvalue weighted by Crippen LogP contribution is -2.40. The first-order valence-corrected chi connectivity index (χ1v) is 7.10.